The number of ether oxygens (including phenoxy) is 2. The molecule has 3 aromatic rings. The summed E-state index contributed by atoms with van der Waals surface area (Å²) >= 11 is 0. The van der Waals surface area contributed by atoms with Crippen LogP contribution in [0.15, 0.2) is 84.4 Å². The maximum Gasteiger partial charge on any atom is 0.235 e. The van der Waals surface area contributed by atoms with E-state index >= 15 is 0 Å². The summed E-state index contributed by atoms with van der Waals surface area (Å²) in [5.74, 6) is -0.00204. The topological polar surface area (TPSA) is 81.7 Å². The number of hydrogen-bond acceptors (Lipinski definition) is 6. The van der Waals surface area contributed by atoms with Crippen molar-refractivity contribution in [1.82, 2.24) is 0 Å². The van der Waals surface area contributed by atoms with Gasteiger partial charge in [-0.25, -0.2) is 0 Å². The second-order valence-corrected chi connectivity index (χ2v) is 9.28. The van der Waals surface area contributed by atoms with E-state index in [9.17, 15) is 14.4 Å². The van der Waals surface area contributed by atoms with E-state index in [0.29, 0.717) is 33.7 Å². The Morgan fingerprint density at radius 1 is 0.917 bits per heavy atom. The van der Waals surface area contributed by atoms with Crippen LogP contribution in [0.25, 0.3) is 11.8 Å². The molecule has 0 saturated heterocycles. The molecule has 0 saturated carbocycles. The van der Waals surface area contributed by atoms with Gasteiger partial charge in [-0.05, 0) is 61.9 Å². The van der Waals surface area contributed by atoms with E-state index in [1.807, 2.05) is 44.2 Å². The molecular weight excluding hydrogens is 454 g/mol. The molecule has 36 heavy (non-hydrogen) atoms. The van der Waals surface area contributed by atoms with Crippen molar-refractivity contribution in [1.29, 1.82) is 0 Å². The Labute approximate surface area is 209 Å². The molecule has 0 spiro atoms. The molecule has 0 amide bonds. The highest BCUT2D eigenvalue weighted by molar-refractivity contribution is 6.52. The van der Waals surface area contributed by atoms with Gasteiger partial charge in [0.15, 0.2) is 5.78 Å². The second kappa shape index (κ2) is 8.96. The third-order valence-corrected chi connectivity index (χ3v) is 6.48. The molecule has 3 aromatic carbocycles. The lowest BCUT2D eigenvalue weighted by molar-refractivity contribution is -0.112. The highest BCUT2D eigenvalue weighted by atomic mass is 16.5. The van der Waals surface area contributed by atoms with Crippen LogP contribution in [-0.4, -0.2) is 36.1 Å². The zero-order chi connectivity index (χ0) is 25.4. The molecule has 1 N–H and O–H groups in total. The molecule has 0 aromatic heterocycles. The van der Waals surface area contributed by atoms with Gasteiger partial charge in [-0.15, -0.1) is 0 Å². The zero-order valence-corrected chi connectivity index (χ0v) is 20.2. The van der Waals surface area contributed by atoms with Gasteiger partial charge in [-0.3, -0.25) is 14.4 Å². The van der Waals surface area contributed by atoms with Gasteiger partial charge in [0, 0.05) is 22.4 Å². The first kappa shape index (κ1) is 23.3. The molecule has 5 rings (SSSR count). The minimum absolute atomic E-state index is 0.128. The Kier molecular flexibility index (Phi) is 5.80. The summed E-state index contributed by atoms with van der Waals surface area (Å²) in [6, 6.07) is 20.9. The summed E-state index contributed by atoms with van der Waals surface area (Å²) in [7, 11) is 1.61. The van der Waals surface area contributed by atoms with Crippen molar-refractivity contribution in [3.8, 4) is 5.75 Å². The van der Waals surface area contributed by atoms with E-state index in [1.54, 1.807) is 55.7 Å². The minimum Gasteiger partial charge on any atom is -0.497 e. The summed E-state index contributed by atoms with van der Waals surface area (Å²) in [6.45, 7) is 3.76. The zero-order valence-electron chi connectivity index (χ0n) is 20.2. The van der Waals surface area contributed by atoms with Crippen LogP contribution in [0.3, 0.4) is 0 Å². The lowest BCUT2D eigenvalue weighted by Gasteiger charge is -2.29. The number of Topliss-reactive ketones (excluding diaryl/α,β-unsaturated/α-hetero) is 2. The predicted octanol–water partition coefficient (Wildman–Crippen LogP) is 5.36. The van der Waals surface area contributed by atoms with Gasteiger partial charge < -0.3 is 14.8 Å². The monoisotopic (exact) mass is 479 g/mol. The summed E-state index contributed by atoms with van der Waals surface area (Å²) in [5.41, 5.74) is 2.70. The molecule has 1 aliphatic carbocycles. The number of nitrogens with one attached hydrogen (secondary N) is 1. The standard InChI is InChI=1S/C30H25NO5/c1-30(2)29(25-27(34)26(33)22-6-4-5-7-23(22)28(25)36-30)31-20-13-11-19(12-14-20)24(32)17-10-18-8-15-21(35-3)16-9-18/h4-17,29,31H,1-3H3/b17-10+. The van der Waals surface area contributed by atoms with Crippen molar-refractivity contribution in [2.75, 3.05) is 12.4 Å². The third kappa shape index (κ3) is 4.11. The first-order valence-electron chi connectivity index (χ1n) is 11.6. The predicted molar refractivity (Wildman–Crippen MR) is 138 cm³/mol. The quantitative estimate of drug-likeness (QED) is 0.291. The van der Waals surface area contributed by atoms with Crippen LogP contribution in [0, 0.1) is 0 Å². The van der Waals surface area contributed by atoms with E-state index in [4.69, 9.17) is 9.47 Å². The highest BCUT2D eigenvalue weighted by Gasteiger charge is 2.50. The smallest absolute Gasteiger partial charge is 0.235 e. The Balaban J connectivity index is 1.36. The molecule has 6 heteroatoms. The van der Waals surface area contributed by atoms with E-state index in [-0.39, 0.29) is 5.78 Å². The number of methoxy groups -OCH3 is 1. The van der Waals surface area contributed by atoms with Gasteiger partial charge in [0.05, 0.1) is 18.7 Å². The van der Waals surface area contributed by atoms with Crippen LogP contribution in [0.2, 0.25) is 0 Å². The minimum atomic E-state index is -0.770. The first-order valence-corrected chi connectivity index (χ1v) is 11.6. The van der Waals surface area contributed by atoms with Gasteiger partial charge in [0.25, 0.3) is 0 Å². The molecule has 0 fully saturated rings. The molecule has 1 unspecified atom stereocenters. The number of benzene rings is 3. The van der Waals surface area contributed by atoms with Crippen LogP contribution < -0.4 is 10.1 Å². The van der Waals surface area contributed by atoms with Crippen LogP contribution in [0.1, 0.15) is 45.7 Å². The van der Waals surface area contributed by atoms with Crippen molar-refractivity contribution in [2.45, 2.75) is 25.5 Å². The highest BCUT2D eigenvalue weighted by Crippen LogP contribution is 2.44. The normalized spacial score (nSPS) is 18.0. The van der Waals surface area contributed by atoms with Gasteiger partial charge in [0.2, 0.25) is 11.6 Å². The molecule has 2 aliphatic rings. The number of ketones is 3. The Bertz CT molecular complexity index is 1430. The fourth-order valence-corrected chi connectivity index (χ4v) is 4.54. The summed E-state index contributed by atoms with van der Waals surface area (Å²) in [4.78, 5) is 38.4. The molecule has 1 aliphatic heterocycles. The second-order valence-electron chi connectivity index (χ2n) is 9.28. The van der Waals surface area contributed by atoms with Gasteiger partial charge in [0.1, 0.15) is 17.1 Å². The summed E-state index contributed by atoms with van der Waals surface area (Å²) < 4.78 is 11.4. The number of carbonyl (C=O) groups is 3. The van der Waals surface area contributed by atoms with Gasteiger partial charge >= 0.3 is 0 Å². The first-order chi connectivity index (χ1) is 17.3. The molecule has 6 nitrogen and oxygen atoms in total. The number of anilines is 1. The van der Waals surface area contributed by atoms with Gasteiger partial charge in [-0.2, -0.15) is 0 Å². The van der Waals surface area contributed by atoms with E-state index in [1.165, 1.54) is 6.08 Å². The number of carbonyl (C=O) groups excluding carboxylic acids is 3. The molecule has 1 atom stereocenters. The largest absolute Gasteiger partial charge is 0.497 e. The molecular formula is C30H25NO5. The third-order valence-electron chi connectivity index (χ3n) is 6.48. The maximum atomic E-state index is 13.0. The van der Waals surface area contributed by atoms with Crippen LogP contribution >= 0.6 is 0 Å². The van der Waals surface area contributed by atoms with Crippen molar-refractivity contribution in [2.24, 2.45) is 0 Å². The molecule has 0 bridgehead atoms. The Hall–Kier alpha value is -4.45. The van der Waals surface area contributed by atoms with Crippen LogP contribution in [0.4, 0.5) is 5.69 Å². The van der Waals surface area contributed by atoms with Crippen molar-refractivity contribution in [3.05, 3.63) is 107 Å². The number of allylic oxidation sites excluding steroid dienone is 1. The van der Waals surface area contributed by atoms with E-state index in [2.05, 4.69) is 5.32 Å². The van der Waals surface area contributed by atoms with Gasteiger partial charge in [-0.1, -0.05) is 42.5 Å². The van der Waals surface area contributed by atoms with E-state index in [0.717, 1.165) is 11.3 Å². The van der Waals surface area contributed by atoms with Crippen LogP contribution in [0.5, 0.6) is 5.75 Å². The average molecular weight is 480 g/mol. The summed E-state index contributed by atoms with van der Waals surface area (Å²) in [6.07, 6.45) is 3.28. The summed E-state index contributed by atoms with van der Waals surface area (Å²) in [5, 5.41) is 3.35. The Morgan fingerprint density at radius 3 is 2.25 bits per heavy atom. The number of fused-ring (bicyclic) bond motifs is 2. The van der Waals surface area contributed by atoms with Crippen molar-refractivity contribution >= 4 is 34.9 Å². The lowest BCUT2D eigenvalue weighted by atomic mass is 9.83. The maximum absolute atomic E-state index is 13.0. The molecule has 1 heterocycles. The molecule has 180 valence electrons. The molecule has 0 radical (unpaired) electrons. The number of rotatable bonds is 6. The van der Waals surface area contributed by atoms with Crippen molar-refractivity contribution < 1.29 is 23.9 Å². The average Bonchev–Trinajstić information content (AvgIpc) is 3.16. The fraction of sp³-hybridized carbons (Fsp3) is 0.167. The van der Waals surface area contributed by atoms with E-state index < -0.39 is 23.2 Å². The number of hydrogen-bond donors (Lipinski definition) is 1. The fourth-order valence-electron chi connectivity index (χ4n) is 4.54. The van der Waals surface area contributed by atoms with Crippen molar-refractivity contribution in [3.63, 3.8) is 0 Å². The lowest BCUT2D eigenvalue weighted by Crippen LogP contribution is -2.43. The Morgan fingerprint density at radius 2 is 1.58 bits per heavy atom. The van der Waals surface area contributed by atoms with Crippen LogP contribution in [-0.2, 0) is 9.53 Å². The SMILES string of the molecule is COc1ccc(/C=C/C(=O)c2ccc(NC3C4=C(OC3(C)C)c3ccccc3C(=O)C4=O)cc2)cc1.